The second-order valence-corrected chi connectivity index (χ2v) is 6.20. The number of hydrogen-bond donors (Lipinski definition) is 2. The summed E-state index contributed by atoms with van der Waals surface area (Å²) in [4.78, 5) is 16.2. The molecule has 0 bridgehead atoms. The molecule has 24 heavy (non-hydrogen) atoms. The van der Waals surface area contributed by atoms with Gasteiger partial charge in [-0.1, -0.05) is 28.1 Å². The highest BCUT2D eigenvalue weighted by Gasteiger charge is 2.15. The van der Waals surface area contributed by atoms with Crippen LogP contribution in [0.5, 0.6) is 5.75 Å². The molecule has 7 heteroatoms. The summed E-state index contributed by atoms with van der Waals surface area (Å²) in [6, 6.07) is 12.2. The summed E-state index contributed by atoms with van der Waals surface area (Å²) < 4.78 is 2.38. The molecule has 0 radical (unpaired) electrons. The van der Waals surface area contributed by atoms with Crippen LogP contribution in [0.4, 0.5) is 0 Å². The summed E-state index contributed by atoms with van der Waals surface area (Å²) in [5, 5.41) is 16.8. The highest BCUT2D eigenvalue weighted by molar-refractivity contribution is 9.10. The van der Waals surface area contributed by atoms with Gasteiger partial charge >= 0.3 is 0 Å². The van der Waals surface area contributed by atoms with E-state index in [2.05, 4.69) is 31.3 Å². The van der Waals surface area contributed by atoms with Crippen molar-refractivity contribution in [2.24, 2.45) is 0 Å². The number of benzene rings is 2. The van der Waals surface area contributed by atoms with Gasteiger partial charge in [0.25, 0.3) is 5.91 Å². The molecule has 3 aromatic rings. The summed E-state index contributed by atoms with van der Waals surface area (Å²) >= 11 is 3.25. The van der Waals surface area contributed by atoms with Crippen molar-refractivity contribution in [3.8, 4) is 11.4 Å². The third kappa shape index (κ3) is 3.46. The minimum Gasteiger partial charge on any atom is -0.507 e. The molecule has 1 heterocycles. The maximum absolute atomic E-state index is 12.3. The van der Waals surface area contributed by atoms with Gasteiger partial charge in [-0.3, -0.25) is 4.79 Å². The Labute approximate surface area is 147 Å². The Morgan fingerprint density at radius 1 is 1.25 bits per heavy atom. The van der Waals surface area contributed by atoms with Crippen molar-refractivity contribution in [3.05, 3.63) is 70.7 Å². The van der Waals surface area contributed by atoms with Crippen LogP contribution in [0, 0.1) is 0 Å². The van der Waals surface area contributed by atoms with Gasteiger partial charge in [0.2, 0.25) is 0 Å². The molecule has 2 N–H and O–H groups in total. The molecule has 0 aliphatic rings. The van der Waals surface area contributed by atoms with E-state index in [-0.39, 0.29) is 23.3 Å². The molecule has 3 rings (SSSR count). The Morgan fingerprint density at radius 2 is 2.00 bits per heavy atom. The van der Waals surface area contributed by atoms with E-state index in [9.17, 15) is 9.90 Å². The first-order chi connectivity index (χ1) is 11.5. The number of hydrogen-bond acceptors (Lipinski definition) is 4. The zero-order valence-corrected chi connectivity index (χ0v) is 14.4. The van der Waals surface area contributed by atoms with Crippen molar-refractivity contribution in [1.82, 2.24) is 20.1 Å². The monoisotopic (exact) mass is 386 g/mol. The number of carbonyl (C=O) groups excluding carboxylic acids is 1. The molecule has 122 valence electrons. The van der Waals surface area contributed by atoms with Crippen molar-refractivity contribution >= 4 is 21.8 Å². The summed E-state index contributed by atoms with van der Waals surface area (Å²) in [5.74, 6) is -0.386. The average molecular weight is 387 g/mol. The van der Waals surface area contributed by atoms with Crippen molar-refractivity contribution in [2.75, 3.05) is 0 Å². The van der Waals surface area contributed by atoms with E-state index in [1.54, 1.807) is 23.1 Å². The predicted octanol–water partition coefficient (Wildman–Crippen LogP) is 3.23. The highest BCUT2D eigenvalue weighted by atomic mass is 79.9. The normalized spacial score (nSPS) is 11.9. The standard InChI is InChI=1S/C17H15BrN4O2/c1-11(21-17(24)15-7-4-13(18)8-16(15)23)12-2-5-14(6-3-12)22-10-19-9-20-22/h2-11,23H,1H3,(H,21,24). The summed E-state index contributed by atoms with van der Waals surface area (Å²) in [6.07, 6.45) is 3.10. The minimum absolute atomic E-state index is 0.0596. The van der Waals surface area contributed by atoms with Crippen LogP contribution < -0.4 is 5.32 Å². The number of halogens is 1. The molecule has 6 nitrogen and oxygen atoms in total. The van der Waals surface area contributed by atoms with Crippen LogP contribution in [-0.2, 0) is 0 Å². The van der Waals surface area contributed by atoms with Gasteiger partial charge in [0, 0.05) is 4.47 Å². The fraction of sp³-hybridized carbons (Fsp3) is 0.118. The number of phenolic OH excluding ortho intramolecular Hbond substituents is 1. The van der Waals surface area contributed by atoms with Crippen molar-refractivity contribution in [2.45, 2.75) is 13.0 Å². The van der Waals surface area contributed by atoms with Crippen LogP contribution in [0.15, 0.2) is 59.6 Å². The van der Waals surface area contributed by atoms with Crippen molar-refractivity contribution in [3.63, 3.8) is 0 Å². The van der Waals surface area contributed by atoms with Crippen LogP contribution in [0.1, 0.15) is 28.9 Å². The van der Waals surface area contributed by atoms with Gasteiger partial charge in [0.15, 0.2) is 0 Å². The lowest BCUT2D eigenvalue weighted by Gasteiger charge is -2.15. The maximum atomic E-state index is 12.3. The van der Waals surface area contributed by atoms with E-state index < -0.39 is 0 Å². The zero-order chi connectivity index (χ0) is 17.1. The first-order valence-corrected chi connectivity index (χ1v) is 8.08. The number of phenols is 1. The van der Waals surface area contributed by atoms with Gasteiger partial charge in [0.1, 0.15) is 18.4 Å². The number of aromatic hydroxyl groups is 1. The average Bonchev–Trinajstić information content (AvgIpc) is 3.09. The number of carbonyl (C=O) groups is 1. The molecule has 0 aliphatic carbocycles. The largest absolute Gasteiger partial charge is 0.507 e. The van der Waals surface area contributed by atoms with Gasteiger partial charge in [-0.25, -0.2) is 9.67 Å². The molecule has 2 aromatic carbocycles. The molecule has 0 spiro atoms. The summed E-state index contributed by atoms with van der Waals surface area (Å²) in [5.41, 5.74) is 2.08. The molecule has 1 amide bonds. The first-order valence-electron chi connectivity index (χ1n) is 7.29. The van der Waals surface area contributed by atoms with Crippen LogP contribution in [0.2, 0.25) is 0 Å². The SMILES string of the molecule is CC(NC(=O)c1ccc(Br)cc1O)c1ccc(-n2cncn2)cc1. The Balaban J connectivity index is 1.72. The number of nitrogens with zero attached hydrogens (tertiary/aromatic N) is 3. The molecule has 0 saturated heterocycles. The Kier molecular flexibility index (Phi) is 4.61. The third-order valence-corrected chi connectivity index (χ3v) is 4.12. The Hall–Kier alpha value is -2.67. The molecule has 0 aliphatic heterocycles. The Morgan fingerprint density at radius 3 is 2.62 bits per heavy atom. The van der Waals surface area contributed by atoms with Crippen molar-refractivity contribution in [1.29, 1.82) is 0 Å². The third-order valence-electron chi connectivity index (χ3n) is 3.63. The second-order valence-electron chi connectivity index (χ2n) is 5.29. The topological polar surface area (TPSA) is 80.0 Å². The van der Waals surface area contributed by atoms with E-state index >= 15 is 0 Å². The lowest BCUT2D eigenvalue weighted by Crippen LogP contribution is -2.26. The van der Waals surface area contributed by atoms with Gasteiger partial charge in [-0.2, -0.15) is 5.10 Å². The minimum atomic E-state index is -0.326. The van der Waals surface area contributed by atoms with Crippen LogP contribution in [0.25, 0.3) is 5.69 Å². The quantitative estimate of drug-likeness (QED) is 0.721. The van der Waals surface area contributed by atoms with Crippen LogP contribution >= 0.6 is 15.9 Å². The second kappa shape index (κ2) is 6.84. The van der Waals surface area contributed by atoms with E-state index in [1.165, 1.54) is 12.4 Å². The van der Waals surface area contributed by atoms with Crippen LogP contribution in [-0.4, -0.2) is 25.8 Å². The molecule has 1 unspecified atom stereocenters. The maximum Gasteiger partial charge on any atom is 0.255 e. The Bertz CT molecular complexity index is 848. The molecule has 1 atom stereocenters. The fourth-order valence-corrected chi connectivity index (χ4v) is 2.66. The molecular formula is C17H15BrN4O2. The van der Waals surface area contributed by atoms with Gasteiger partial charge in [0.05, 0.1) is 17.3 Å². The number of nitrogens with one attached hydrogen (secondary N) is 1. The van der Waals surface area contributed by atoms with Gasteiger partial charge < -0.3 is 10.4 Å². The summed E-state index contributed by atoms with van der Waals surface area (Å²) in [7, 11) is 0. The van der Waals surface area contributed by atoms with E-state index in [0.29, 0.717) is 4.47 Å². The predicted molar refractivity (Wildman–Crippen MR) is 93.0 cm³/mol. The number of rotatable bonds is 4. The lowest BCUT2D eigenvalue weighted by molar-refractivity contribution is 0.0937. The summed E-state index contributed by atoms with van der Waals surface area (Å²) in [6.45, 7) is 1.89. The van der Waals surface area contributed by atoms with Crippen molar-refractivity contribution < 1.29 is 9.90 Å². The zero-order valence-electron chi connectivity index (χ0n) is 12.8. The van der Waals surface area contributed by atoms with E-state index in [0.717, 1.165) is 11.3 Å². The van der Waals surface area contributed by atoms with Gasteiger partial charge in [-0.05, 0) is 42.8 Å². The molecular weight excluding hydrogens is 372 g/mol. The fourth-order valence-electron chi connectivity index (χ4n) is 2.31. The number of aromatic nitrogens is 3. The lowest BCUT2D eigenvalue weighted by atomic mass is 10.1. The molecule has 0 saturated carbocycles. The molecule has 0 fully saturated rings. The first kappa shape index (κ1) is 16.2. The smallest absolute Gasteiger partial charge is 0.255 e. The van der Waals surface area contributed by atoms with E-state index in [4.69, 9.17) is 0 Å². The number of amides is 1. The van der Waals surface area contributed by atoms with Crippen LogP contribution in [0.3, 0.4) is 0 Å². The molecule has 1 aromatic heterocycles. The highest BCUT2D eigenvalue weighted by Crippen LogP contribution is 2.23. The van der Waals surface area contributed by atoms with E-state index in [1.807, 2.05) is 31.2 Å². The van der Waals surface area contributed by atoms with Gasteiger partial charge in [-0.15, -0.1) is 0 Å².